The lowest BCUT2D eigenvalue weighted by atomic mass is 10.1. The van der Waals surface area contributed by atoms with Crippen molar-refractivity contribution in [1.29, 1.82) is 0 Å². The van der Waals surface area contributed by atoms with Gasteiger partial charge in [0.1, 0.15) is 0 Å². The predicted octanol–water partition coefficient (Wildman–Crippen LogP) is 3.44. The number of benzene rings is 2. The number of aromatic nitrogens is 2. The molecule has 1 heterocycles. The van der Waals surface area contributed by atoms with Crippen LogP contribution in [0.5, 0.6) is 11.5 Å². The van der Waals surface area contributed by atoms with Crippen LogP contribution in [0.15, 0.2) is 48.5 Å². The molecule has 1 amide bonds. The summed E-state index contributed by atoms with van der Waals surface area (Å²) in [5, 5.41) is 7.41. The number of nitrogens with zero attached hydrogens (tertiary/aromatic N) is 2. The van der Waals surface area contributed by atoms with E-state index in [1.54, 1.807) is 20.3 Å². The van der Waals surface area contributed by atoms with E-state index in [9.17, 15) is 4.79 Å². The second kappa shape index (κ2) is 7.95. The number of carbonyl (C=O) groups excluding carboxylic acids is 1. The quantitative estimate of drug-likeness (QED) is 0.727. The van der Waals surface area contributed by atoms with Gasteiger partial charge in [0.05, 0.1) is 25.6 Å². The van der Waals surface area contributed by atoms with Crippen LogP contribution in [-0.2, 0) is 6.54 Å². The third-order valence-electron chi connectivity index (χ3n) is 4.26. The second-order valence-electron chi connectivity index (χ2n) is 6.26. The Morgan fingerprint density at radius 3 is 2.48 bits per heavy atom. The summed E-state index contributed by atoms with van der Waals surface area (Å²) < 4.78 is 12.4. The first-order valence-electron chi connectivity index (χ1n) is 8.64. The number of rotatable bonds is 6. The number of methoxy groups -OCH3 is 2. The van der Waals surface area contributed by atoms with Crippen molar-refractivity contribution in [2.24, 2.45) is 0 Å². The molecule has 1 N–H and O–H groups in total. The maximum absolute atomic E-state index is 12.6. The fraction of sp³-hybridized carbons (Fsp3) is 0.238. The molecule has 3 rings (SSSR count). The molecule has 0 radical (unpaired) electrons. The van der Waals surface area contributed by atoms with Crippen molar-refractivity contribution in [2.75, 3.05) is 14.2 Å². The van der Waals surface area contributed by atoms with Crippen LogP contribution in [0.1, 0.15) is 27.3 Å². The molecule has 0 spiro atoms. The zero-order valence-electron chi connectivity index (χ0n) is 15.9. The summed E-state index contributed by atoms with van der Waals surface area (Å²) in [5.41, 5.74) is 4.33. The molecule has 6 heteroatoms. The number of hydrogen-bond donors (Lipinski definition) is 1. The van der Waals surface area contributed by atoms with Gasteiger partial charge in [-0.25, -0.2) is 4.68 Å². The third kappa shape index (κ3) is 4.11. The Morgan fingerprint density at radius 2 is 1.81 bits per heavy atom. The third-order valence-corrected chi connectivity index (χ3v) is 4.26. The van der Waals surface area contributed by atoms with E-state index in [0.717, 1.165) is 22.6 Å². The molecule has 2 aromatic carbocycles. The van der Waals surface area contributed by atoms with E-state index in [0.29, 0.717) is 23.6 Å². The lowest BCUT2D eigenvalue weighted by molar-refractivity contribution is 0.0951. The molecule has 0 aliphatic rings. The monoisotopic (exact) mass is 365 g/mol. The summed E-state index contributed by atoms with van der Waals surface area (Å²) in [6.07, 6.45) is 0. The van der Waals surface area contributed by atoms with Gasteiger partial charge in [0.2, 0.25) is 0 Å². The van der Waals surface area contributed by atoms with Gasteiger partial charge in [-0.15, -0.1) is 0 Å². The fourth-order valence-corrected chi connectivity index (χ4v) is 2.94. The van der Waals surface area contributed by atoms with E-state index in [-0.39, 0.29) is 5.91 Å². The molecule has 1 aromatic heterocycles. The predicted molar refractivity (Wildman–Crippen MR) is 104 cm³/mol. The van der Waals surface area contributed by atoms with Gasteiger partial charge in [0, 0.05) is 17.8 Å². The summed E-state index contributed by atoms with van der Waals surface area (Å²) in [4.78, 5) is 12.6. The molecule has 0 atom stereocenters. The average molecular weight is 365 g/mol. The number of nitrogens with one attached hydrogen (secondary N) is 1. The summed E-state index contributed by atoms with van der Waals surface area (Å²) in [5.74, 6) is 1.15. The lowest BCUT2D eigenvalue weighted by Gasteiger charge is -2.11. The molecule has 27 heavy (non-hydrogen) atoms. The first-order chi connectivity index (χ1) is 13.0. The number of aryl methyl sites for hydroxylation is 2. The lowest BCUT2D eigenvalue weighted by Crippen LogP contribution is -2.23. The first kappa shape index (κ1) is 18.5. The largest absolute Gasteiger partial charge is 0.493 e. The van der Waals surface area contributed by atoms with Gasteiger partial charge in [0.25, 0.3) is 5.91 Å². The topological polar surface area (TPSA) is 65.4 Å². The van der Waals surface area contributed by atoms with Crippen LogP contribution >= 0.6 is 0 Å². The minimum Gasteiger partial charge on any atom is -0.493 e. The molecule has 0 aliphatic carbocycles. The highest BCUT2D eigenvalue weighted by atomic mass is 16.5. The second-order valence-corrected chi connectivity index (χ2v) is 6.26. The minimum absolute atomic E-state index is 0.145. The van der Waals surface area contributed by atoms with Crippen molar-refractivity contribution in [1.82, 2.24) is 15.1 Å². The molecule has 0 saturated heterocycles. The number of amides is 1. The van der Waals surface area contributed by atoms with Crippen LogP contribution in [0.4, 0.5) is 0 Å². The standard InChI is InChI=1S/C21H23N3O3/c1-14-10-15(2)24(23-14)18-7-5-6-17(12-18)21(25)22-13-16-8-9-19(26-3)20(11-16)27-4/h5-12H,13H2,1-4H3,(H,22,25). The van der Waals surface area contributed by atoms with E-state index < -0.39 is 0 Å². The molecule has 6 nitrogen and oxygen atoms in total. The number of hydrogen-bond acceptors (Lipinski definition) is 4. The Hall–Kier alpha value is -3.28. The van der Waals surface area contributed by atoms with Crippen LogP contribution in [0.3, 0.4) is 0 Å². The molecule has 0 bridgehead atoms. The maximum atomic E-state index is 12.6. The molecule has 0 fully saturated rings. The van der Waals surface area contributed by atoms with Crippen LogP contribution in [0.2, 0.25) is 0 Å². The Kier molecular flexibility index (Phi) is 5.45. The van der Waals surface area contributed by atoms with Crippen LogP contribution in [-0.4, -0.2) is 29.9 Å². The van der Waals surface area contributed by atoms with Gasteiger partial charge < -0.3 is 14.8 Å². The van der Waals surface area contributed by atoms with Crippen molar-refractivity contribution in [3.8, 4) is 17.2 Å². The van der Waals surface area contributed by atoms with Crippen LogP contribution < -0.4 is 14.8 Å². The molecule has 140 valence electrons. The molecular weight excluding hydrogens is 342 g/mol. The van der Waals surface area contributed by atoms with E-state index in [4.69, 9.17) is 9.47 Å². The highest BCUT2D eigenvalue weighted by Gasteiger charge is 2.10. The fourth-order valence-electron chi connectivity index (χ4n) is 2.94. The molecule has 0 aliphatic heterocycles. The molecule has 0 unspecified atom stereocenters. The van der Waals surface area contributed by atoms with Gasteiger partial charge in [-0.2, -0.15) is 5.10 Å². The van der Waals surface area contributed by atoms with E-state index in [1.165, 1.54) is 0 Å². The summed E-state index contributed by atoms with van der Waals surface area (Å²) in [6.45, 7) is 4.33. The number of carbonyl (C=O) groups is 1. The number of ether oxygens (including phenoxy) is 2. The van der Waals surface area contributed by atoms with Crippen molar-refractivity contribution < 1.29 is 14.3 Å². The summed E-state index contributed by atoms with van der Waals surface area (Å²) in [6, 6.07) is 15.0. The normalized spacial score (nSPS) is 10.5. The first-order valence-corrected chi connectivity index (χ1v) is 8.64. The molecule has 3 aromatic rings. The van der Waals surface area contributed by atoms with Gasteiger partial charge in [0.15, 0.2) is 11.5 Å². The summed E-state index contributed by atoms with van der Waals surface area (Å²) in [7, 11) is 3.18. The van der Waals surface area contributed by atoms with Crippen molar-refractivity contribution >= 4 is 5.91 Å². The Labute approximate surface area is 158 Å². The van der Waals surface area contributed by atoms with E-state index >= 15 is 0 Å². The zero-order valence-corrected chi connectivity index (χ0v) is 15.9. The summed E-state index contributed by atoms with van der Waals surface area (Å²) >= 11 is 0. The van der Waals surface area contributed by atoms with Gasteiger partial charge in [-0.05, 0) is 55.8 Å². The Morgan fingerprint density at radius 1 is 1.04 bits per heavy atom. The smallest absolute Gasteiger partial charge is 0.251 e. The Bertz CT molecular complexity index is 963. The minimum atomic E-state index is -0.145. The van der Waals surface area contributed by atoms with Gasteiger partial charge in [-0.1, -0.05) is 12.1 Å². The highest BCUT2D eigenvalue weighted by molar-refractivity contribution is 5.94. The SMILES string of the molecule is COc1ccc(CNC(=O)c2cccc(-n3nc(C)cc3C)c2)cc1OC. The maximum Gasteiger partial charge on any atom is 0.251 e. The van der Waals surface area contributed by atoms with Crippen molar-refractivity contribution in [3.05, 3.63) is 71.0 Å². The highest BCUT2D eigenvalue weighted by Crippen LogP contribution is 2.27. The van der Waals surface area contributed by atoms with Crippen molar-refractivity contribution in [3.63, 3.8) is 0 Å². The Balaban J connectivity index is 1.73. The van der Waals surface area contributed by atoms with E-state index in [1.807, 2.05) is 61.0 Å². The average Bonchev–Trinajstić information content (AvgIpc) is 3.04. The van der Waals surface area contributed by atoms with Gasteiger partial charge >= 0.3 is 0 Å². The van der Waals surface area contributed by atoms with E-state index in [2.05, 4.69) is 10.4 Å². The zero-order chi connectivity index (χ0) is 19.4. The molecular formula is C21H23N3O3. The van der Waals surface area contributed by atoms with Crippen LogP contribution in [0, 0.1) is 13.8 Å². The van der Waals surface area contributed by atoms with Crippen molar-refractivity contribution in [2.45, 2.75) is 20.4 Å². The van der Waals surface area contributed by atoms with Crippen LogP contribution in [0.25, 0.3) is 5.69 Å². The van der Waals surface area contributed by atoms with Gasteiger partial charge in [-0.3, -0.25) is 4.79 Å². The molecule has 0 saturated carbocycles.